The summed E-state index contributed by atoms with van der Waals surface area (Å²) in [6, 6.07) is 9.66. The number of hydrogen-bond acceptors (Lipinski definition) is 4. The van der Waals surface area contributed by atoms with E-state index in [-0.39, 0.29) is 17.3 Å². The molecule has 104 valence electrons. The molecule has 0 aliphatic rings. The van der Waals surface area contributed by atoms with E-state index in [1.54, 1.807) is 35.2 Å². The Hall–Kier alpha value is -2.10. The van der Waals surface area contributed by atoms with Gasteiger partial charge in [-0.25, -0.2) is 8.42 Å². The van der Waals surface area contributed by atoms with Gasteiger partial charge in [0.15, 0.2) is 9.84 Å². The predicted molar refractivity (Wildman–Crippen MR) is 73.6 cm³/mol. The van der Waals surface area contributed by atoms with Crippen LogP contribution in [0.2, 0.25) is 0 Å². The van der Waals surface area contributed by atoms with Crippen LogP contribution in [0.25, 0.3) is 0 Å². The number of nitrogens with zero attached hydrogens (tertiary/aromatic N) is 2. The van der Waals surface area contributed by atoms with Gasteiger partial charge < -0.3 is 9.67 Å². The Kier molecular flexibility index (Phi) is 4.23. The largest absolute Gasteiger partial charge is 0.392 e. The third-order valence-corrected chi connectivity index (χ3v) is 4.63. The van der Waals surface area contributed by atoms with Crippen molar-refractivity contribution in [3.8, 4) is 6.07 Å². The molecule has 2 aromatic rings. The lowest BCUT2D eigenvalue weighted by molar-refractivity contribution is 0.281. The van der Waals surface area contributed by atoms with Gasteiger partial charge in [0.05, 0.1) is 28.9 Å². The minimum Gasteiger partial charge on any atom is -0.392 e. The molecule has 0 unspecified atom stereocenters. The van der Waals surface area contributed by atoms with Gasteiger partial charge in [-0.3, -0.25) is 0 Å². The van der Waals surface area contributed by atoms with E-state index >= 15 is 0 Å². The average Bonchev–Trinajstić information content (AvgIpc) is 2.93. The molecule has 0 radical (unpaired) electrons. The summed E-state index contributed by atoms with van der Waals surface area (Å²) >= 11 is 0. The van der Waals surface area contributed by atoms with E-state index in [1.807, 2.05) is 6.07 Å². The lowest BCUT2D eigenvalue weighted by atomic mass is 10.2. The van der Waals surface area contributed by atoms with E-state index < -0.39 is 9.84 Å². The summed E-state index contributed by atoms with van der Waals surface area (Å²) in [5.74, 6) is -0.0541. The zero-order valence-electron chi connectivity index (χ0n) is 10.7. The van der Waals surface area contributed by atoms with Crippen LogP contribution < -0.4 is 0 Å². The first kappa shape index (κ1) is 14.3. The number of aliphatic hydroxyl groups excluding tert-OH is 1. The maximum absolute atomic E-state index is 12.2. The second-order valence-electron chi connectivity index (χ2n) is 4.37. The molecule has 0 aliphatic heterocycles. The van der Waals surface area contributed by atoms with Crippen LogP contribution >= 0.6 is 0 Å². The smallest absolute Gasteiger partial charge is 0.180 e. The maximum atomic E-state index is 12.2. The normalized spacial score (nSPS) is 11.2. The van der Waals surface area contributed by atoms with E-state index in [2.05, 4.69) is 0 Å². The minimum absolute atomic E-state index is 0.0541. The van der Waals surface area contributed by atoms with E-state index in [1.165, 1.54) is 12.1 Å². The van der Waals surface area contributed by atoms with Gasteiger partial charge in [0.2, 0.25) is 0 Å². The van der Waals surface area contributed by atoms with E-state index in [4.69, 9.17) is 10.4 Å². The molecule has 0 aliphatic carbocycles. The first-order valence-corrected chi connectivity index (χ1v) is 7.69. The average molecular weight is 290 g/mol. The monoisotopic (exact) mass is 290 g/mol. The van der Waals surface area contributed by atoms with Gasteiger partial charge in [-0.15, -0.1) is 0 Å². The Morgan fingerprint density at radius 3 is 2.75 bits per heavy atom. The minimum atomic E-state index is -3.42. The highest BCUT2D eigenvalue weighted by atomic mass is 32.2. The fraction of sp³-hybridized carbons (Fsp3) is 0.214. The highest BCUT2D eigenvalue weighted by molar-refractivity contribution is 7.91. The number of aromatic nitrogens is 1. The molecule has 0 fully saturated rings. The first-order chi connectivity index (χ1) is 9.55. The van der Waals surface area contributed by atoms with Crippen LogP contribution in [0.3, 0.4) is 0 Å². The second kappa shape index (κ2) is 5.90. The third-order valence-electron chi connectivity index (χ3n) is 2.93. The van der Waals surface area contributed by atoms with Crippen molar-refractivity contribution in [2.24, 2.45) is 0 Å². The molecule has 0 spiro atoms. The summed E-state index contributed by atoms with van der Waals surface area (Å²) in [6.45, 7) is 0.239. The molecule has 20 heavy (non-hydrogen) atoms. The molecular formula is C14H14N2O3S. The lowest BCUT2D eigenvalue weighted by Gasteiger charge is -2.06. The molecule has 0 bridgehead atoms. The van der Waals surface area contributed by atoms with Crippen LogP contribution in [0.1, 0.15) is 11.1 Å². The molecule has 1 aromatic carbocycles. The van der Waals surface area contributed by atoms with Crippen LogP contribution in [0.4, 0.5) is 0 Å². The molecule has 2 rings (SSSR count). The summed E-state index contributed by atoms with van der Waals surface area (Å²) in [6.07, 6.45) is 3.44. The molecular weight excluding hydrogens is 276 g/mol. The number of rotatable bonds is 5. The summed E-state index contributed by atoms with van der Waals surface area (Å²) in [5, 5.41) is 17.7. The zero-order valence-corrected chi connectivity index (χ0v) is 11.5. The lowest BCUT2D eigenvalue weighted by Crippen LogP contribution is -2.12. The molecule has 5 nitrogen and oxygen atoms in total. The van der Waals surface area contributed by atoms with Crippen LogP contribution in [0.5, 0.6) is 0 Å². The van der Waals surface area contributed by atoms with Crippen molar-refractivity contribution >= 4 is 9.84 Å². The molecule has 0 saturated heterocycles. The Morgan fingerprint density at radius 2 is 2.10 bits per heavy atom. The second-order valence-corrected chi connectivity index (χ2v) is 6.48. The summed E-state index contributed by atoms with van der Waals surface area (Å²) < 4.78 is 26.1. The standard InChI is InChI=1S/C14H14N2O3S/c15-9-12-2-1-3-14(8-12)20(18,19)7-6-16-5-4-13(10-16)11-17/h1-5,8,10,17H,6-7,11H2. The number of benzene rings is 1. The quantitative estimate of drug-likeness (QED) is 0.900. The number of sulfone groups is 1. The third kappa shape index (κ3) is 3.26. The molecule has 1 N–H and O–H groups in total. The van der Waals surface area contributed by atoms with Gasteiger partial charge >= 0.3 is 0 Å². The number of aliphatic hydroxyl groups is 1. The number of nitriles is 1. The first-order valence-electron chi connectivity index (χ1n) is 6.03. The SMILES string of the molecule is N#Cc1cccc(S(=O)(=O)CCn2ccc(CO)c2)c1. The fourth-order valence-electron chi connectivity index (χ4n) is 1.83. The van der Waals surface area contributed by atoms with Crippen LogP contribution in [-0.4, -0.2) is 23.8 Å². The zero-order chi connectivity index (χ0) is 14.6. The fourth-order valence-corrected chi connectivity index (χ4v) is 3.10. The van der Waals surface area contributed by atoms with Crippen LogP contribution in [0.15, 0.2) is 47.6 Å². The Labute approximate surface area is 117 Å². The molecule has 1 aromatic heterocycles. The topological polar surface area (TPSA) is 83.1 Å². The Morgan fingerprint density at radius 1 is 1.30 bits per heavy atom. The van der Waals surface area contributed by atoms with Gasteiger partial charge in [-0.05, 0) is 29.8 Å². The van der Waals surface area contributed by atoms with E-state index in [0.29, 0.717) is 12.1 Å². The summed E-state index contributed by atoms with van der Waals surface area (Å²) in [4.78, 5) is 0.158. The summed E-state index contributed by atoms with van der Waals surface area (Å²) in [7, 11) is -3.42. The van der Waals surface area contributed by atoms with Gasteiger partial charge in [-0.2, -0.15) is 5.26 Å². The molecule has 0 saturated carbocycles. The van der Waals surface area contributed by atoms with Crippen molar-refractivity contribution < 1.29 is 13.5 Å². The van der Waals surface area contributed by atoms with Crippen molar-refractivity contribution in [2.45, 2.75) is 18.0 Å². The number of hydrogen-bond donors (Lipinski definition) is 1. The summed E-state index contributed by atoms with van der Waals surface area (Å²) in [5.41, 5.74) is 1.07. The predicted octanol–water partition coefficient (Wildman–Crippen LogP) is 1.33. The van der Waals surface area contributed by atoms with Crippen molar-refractivity contribution in [1.82, 2.24) is 4.57 Å². The Balaban J connectivity index is 2.13. The number of aryl methyl sites for hydroxylation is 1. The molecule has 6 heteroatoms. The highest BCUT2D eigenvalue weighted by Crippen LogP contribution is 2.13. The molecule has 1 heterocycles. The molecule has 0 amide bonds. The van der Waals surface area contributed by atoms with Gasteiger partial charge in [0, 0.05) is 18.9 Å². The van der Waals surface area contributed by atoms with Crippen LogP contribution in [0, 0.1) is 11.3 Å². The van der Waals surface area contributed by atoms with Crippen molar-refractivity contribution in [3.05, 3.63) is 53.9 Å². The Bertz CT molecular complexity index is 742. The van der Waals surface area contributed by atoms with E-state index in [0.717, 1.165) is 5.56 Å². The van der Waals surface area contributed by atoms with Crippen molar-refractivity contribution in [3.63, 3.8) is 0 Å². The highest BCUT2D eigenvalue weighted by Gasteiger charge is 2.14. The molecule has 0 atom stereocenters. The van der Waals surface area contributed by atoms with Gasteiger partial charge in [0.25, 0.3) is 0 Å². The maximum Gasteiger partial charge on any atom is 0.180 e. The van der Waals surface area contributed by atoms with Crippen molar-refractivity contribution in [1.29, 1.82) is 5.26 Å². The van der Waals surface area contributed by atoms with Crippen molar-refractivity contribution in [2.75, 3.05) is 5.75 Å². The van der Waals surface area contributed by atoms with Crippen LogP contribution in [-0.2, 0) is 23.0 Å². The van der Waals surface area contributed by atoms with E-state index in [9.17, 15) is 8.42 Å². The van der Waals surface area contributed by atoms with Gasteiger partial charge in [0.1, 0.15) is 0 Å². The van der Waals surface area contributed by atoms with Gasteiger partial charge in [-0.1, -0.05) is 6.07 Å².